The highest BCUT2D eigenvalue weighted by Gasteiger charge is 2.48. The zero-order valence-corrected chi connectivity index (χ0v) is 16.4. The van der Waals surface area contributed by atoms with Crippen LogP contribution in [0.2, 0.25) is 0 Å². The Morgan fingerprint density at radius 3 is 2.74 bits per heavy atom. The highest BCUT2D eigenvalue weighted by Crippen LogP contribution is 2.47. The first-order valence-electron chi connectivity index (χ1n) is 8.38. The van der Waals surface area contributed by atoms with Gasteiger partial charge in [-0.25, -0.2) is 4.68 Å². The van der Waals surface area contributed by atoms with Gasteiger partial charge in [0.25, 0.3) is 5.91 Å². The molecule has 1 saturated heterocycles. The van der Waals surface area contributed by atoms with Crippen LogP contribution in [-0.2, 0) is 4.74 Å². The predicted molar refractivity (Wildman–Crippen MR) is 97.0 cm³/mol. The molecule has 2 atom stereocenters. The van der Waals surface area contributed by atoms with Gasteiger partial charge >= 0.3 is 6.18 Å². The first-order chi connectivity index (χ1) is 12.9. The predicted octanol–water partition coefficient (Wildman–Crippen LogP) is 3.84. The number of nitrogens with zero attached hydrogens (tertiary/aromatic N) is 3. The molecule has 0 aromatic carbocycles. The molecule has 146 valence electrons. The summed E-state index contributed by atoms with van der Waals surface area (Å²) in [5, 5.41) is 8.99. The fourth-order valence-electron chi connectivity index (χ4n) is 3.32. The fourth-order valence-corrected chi connectivity index (χ4v) is 4.65. The molecule has 4 heterocycles. The average Bonchev–Trinajstić information content (AvgIpc) is 3.29. The molecule has 0 bridgehead atoms. The number of nitrogens with one attached hydrogen (secondary N) is 1. The smallest absolute Gasteiger partial charge is 0.378 e. The summed E-state index contributed by atoms with van der Waals surface area (Å²) in [6.45, 7) is 1.59. The minimum absolute atomic E-state index is 0.0134. The largest absolute Gasteiger partial charge is 0.410 e. The Morgan fingerprint density at radius 2 is 2.11 bits per heavy atom. The van der Waals surface area contributed by atoms with Crippen LogP contribution < -0.4 is 5.32 Å². The molecular weight excluding hydrogens is 449 g/mol. The molecule has 1 fully saturated rings. The molecule has 11 heteroatoms. The zero-order chi connectivity index (χ0) is 19.2. The van der Waals surface area contributed by atoms with Gasteiger partial charge < -0.3 is 15.0 Å². The normalized spacial score (nSPS) is 23.0. The van der Waals surface area contributed by atoms with Crippen molar-refractivity contribution in [3.8, 4) is 0 Å². The number of amides is 1. The first kappa shape index (κ1) is 18.8. The maximum Gasteiger partial charge on any atom is 0.410 e. The van der Waals surface area contributed by atoms with Gasteiger partial charge in [-0.1, -0.05) is 6.07 Å². The van der Waals surface area contributed by atoms with Gasteiger partial charge in [-0.15, -0.1) is 11.3 Å². The Hall–Kier alpha value is -1.59. The van der Waals surface area contributed by atoms with E-state index in [4.69, 9.17) is 4.74 Å². The topological polar surface area (TPSA) is 59.4 Å². The van der Waals surface area contributed by atoms with Crippen LogP contribution in [0, 0.1) is 0 Å². The second-order valence-corrected chi connectivity index (χ2v) is 8.14. The molecule has 27 heavy (non-hydrogen) atoms. The maximum absolute atomic E-state index is 13.7. The summed E-state index contributed by atoms with van der Waals surface area (Å²) in [6, 6.07) is 1.31. The molecule has 2 aliphatic rings. The van der Waals surface area contributed by atoms with Crippen molar-refractivity contribution in [2.24, 2.45) is 0 Å². The third-order valence-corrected chi connectivity index (χ3v) is 6.42. The minimum Gasteiger partial charge on any atom is -0.378 e. The Morgan fingerprint density at radius 1 is 1.37 bits per heavy atom. The summed E-state index contributed by atoms with van der Waals surface area (Å²) < 4.78 is 47.5. The highest BCUT2D eigenvalue weighted by molar-refractivity contribution is 9.10. The van der Waals surface area contributed by atoms with Crippen LogP contribution in [0.1, 0.15) is 33.9 Å². The number of ether oxygens (including phenoxy) is 1. The van der Waals surface area contributed by atoms with Gasteiger partial charge in [0.05, 0.1) is 23.7 Å². The monoisotopic (exact) mass is 464 g/mol. The lowest BCUT2D eigenvalue weighted by Gasteiger charge is -2.33. The Balaban J connectivity index is 1.72. The van der Waals surface area contributed by atoms with Gasteiger partial charge in [0.15, 0.2) is 11.7 Å². The third-order valence-electron chi connectivity index (χ3n) is 4.68. The van der Waals surface area contributed by atoms with Crippen molar-refractivity contribution in [3.63, 3.8) is 0 Å². The molecule has 0 spiro atoms. The van der Waals surface area contributed by atoms with Crippen LogP contribution >= 0.6 is 27.3 Å². The number of anilines is 1. The van der Waals surface area contributed by atoms with Crippen LogP contribution in [-0.4, -0.2) is 53.1 Å². The van der Waals surface area contributed by atoms with E-state index in [1.54, 1.807) is 17.0 Å². The summed E-state index contributed by atoms with van der Waals surface area (Å²) in [5.74, 6) is -0.221. The minimum atomic E-state index is -4.48. The Kier molecular flexibility index (Phi) is 4.93. The van der Waals surface area contributed by atoms with Gasteiger partial charge in [-0.3, -0.25) is 4.79 Å². The van der Waals surface area contributed by atoms with Crippen molar-refractivity contribution in [1.82, 2.24) is 14.7 Å². The van der Waals surface area contributed by atoms with Crippen molar-refractivity contribution in [3.05, 3.63) is 32.6 Å². The fraction of sp³-hybridized carbons (Fsp3) is 0.500. The van der Waals surface area contributed by atoms with E-state index in [0.29, 0.717) is 26.3 Å². The number of alkyl halides is 3. The lowest BCUT2D eigenvalue weighted by molar-refractivity contribution is -0.173. The number of carbonyl (C=O) groups excluding carboxylic acids is 1. The van der Waals surface area contributed by atoms with Crippen molar-refractivity contribution in [2.45, 2.75) is 24.7 Å². The number of hydrogen-bond donors (Lipinski definition) is 1. The summed E-state index contributed by atoms with van der Waals surface area (Å²) in [4.78, 5) is 15.1. The molecule has 2 aromatic rings. The third kappa shape index (κ3) is 3.47. The average molecular weight is 465 g/mol. The van der Waals surface area contributed by atoms with Gasteiger partial charge in [0.1, 0.15) is 5.82 Å². The van der Waals surface area contributed by atoms with E-state index in [1.807, 2.05) is 5.38 Å². The molecular formula is C16H16BrF3N4O2S. The number of halogens is 4. The number of thiophene rings is 1. The van der Waals surface area contributed by atoms with Crippen molar-refractivity contribution >= 4 is 39.0 Å². The molecule has 0 aliphatic carbocycles. The lowest BCUT2D eigenvalue weighted by atomic mass is 10.0. The van der Waals surface area contributed by atoms with Crippen LogP contribution in [0.25, 0.3) is 0 Å². The summed E-state index contributed by atoms with van der Waals surface area (Å²) in [7, 11) is 0. The second-order valence-electron chi connectivity index (χ2n) is 6.37. The highest BCUT2D eigenvalue weighted by atomic mass is 79.9. The van der Waals surface area contributed by atoms with E-state index >= 15 is 0 Å². The molecule has 0 radical (unpaired) electrons. The Bertz CT molecular complexity index is 834. The quantitative estimate of drug-likeness (QED) is 0.733. The van der Waals surface area contributed by atoms with E-state index in [9.17, 15) is 18.0 Å². The van der Waals surface area contributed by atoms with E-state index in [0.717, 1.165) is 9.56 Å². The molecule has 0 saturated carbocycles. The standard InChI is InChI=1S/C16H16BrF3N4O2S/c17-12-13(15(25)23-3-5-26-6-4-23)22-24-11(16(18,19)20)8-9(21-14(12)24)10-2-1-7-27-10/h1-2,7,9,11,21H,3-6,8H2/t9-,11-/m0/s1. The molecule has 1 amide bonds. The van der Waals surface area contributed by atoms with Crippen LogP contribution in [0.15, 0.2) is 22.0 Å². The number of carbonyl (C=O) groups is 1. The van der Waals surface area contributed by atoms with Crippen LogP contribution in [0.5, 0.6) is 0 Å². The number of aromatic nitrogens is 2. The van der Waals surface area contributed by atoms with E-state index in [2.05, 4.69) is 26.3 Å². The second kappa shape index (κ2) is 7.10. The SMILES string of the molecule is O=C(c1nn2c(c1Br)N[C@H](c1cccs1)C[C@H]2C(F)(F)F)N1CCOCC1. The lowest BCUT2D eigenvalue weighted by Crippen LogP contribution is -2.41. The van der Waals surface area contributed by atoms with Crippen molar-refractivity contribution in [1.29, 1.82) is 0 Å². The molecule has 4 rings (SSSR count). The van der Waals surface area contributed by atoms with Crippen molar-refractivity contribution in [2.75, 3.05) is 31.6 Å². The van der Waals surface area contributed by atoms with Gasteiger partial charge in [0, 0.05) is 24.4 Å². The zero-order valence-electron chi connectivity index (χ0n) is 14.0. The molecule has 1 N–H and O–H groups in total. The molecule has 2 aliphatic heterocycles. The van der Waals surface area contributed by atoms with Crippen LogP contribution in [0.3, 0.4) is 0 Å². The summed E-state index contributed by atoms with van der Waals surface area (Å²) in [6.07, 6.45) is -4.66. The van der Waals surface area contributed by atoms with Crippen molar-refractivity contribution < 1.29 is 22.7 Å². The number of hydrogen-bond acceptors (Lipinski definition) is 5. The number of fused-ring (bicyclic) bond motifs is 1. The van der Waals surface area contributed by atoms with Gasteiger partial charge in [-0.05, 0) is 27.4 Å². The van der Waals surface area contributed by atoms with E-state index in [1.165, 1.54) is 11.3 Å². The van der Waals surface area contributed by atoms with E-state index in [-0.39, 0.29) is 22.4 Å². The Labute approximate surface area is 165 Å². The number of morpholine rings is 1. The van der Waals surface area contributed by atoms with E-state index < -0.39 is 24.2 Å². The summed E-state index contributed by atoms with van der Waals surface area (Å²) in [5.41, 5.74) is -0.0134. The number of rotatable bonds is 2. The molecule has 2 aromatic heterocycles. The maximum atomic E-state index is 13.7. The van der Waals surface area contributed by atoms with Gasteiger partial charge in [-0.2, -0.15) is 18.3 Å². The molecule has 6 nitrogen and oxygen atoms in total. The molecule has 0 unspecified atom stereocenters. The first-order valence-corrected chi connectivity index (χ1v) is 10.0. The summed E-state index contributed by atoms with van der Waals surface area (Å²) >= 11 is 4.70. The van der Waals surface area contributed by atoms with Gasteiger partial charge in [0.2, 0.25) is 0 Å². The van der Waals surface area contributed by atoms with Crippen LogP contribution in [0.4, 0.5) is 19.0 Å².